The van der Waals surface area contributed by atoms with Crippen LogP contribution in [0.15, 0.2) is 18.2 Å². The molecule has 1 atom stereocenters. The van der Waals surface area contributed by atoms with Gasteiger partial charge in [-0.25, -0.2) is 4.79 Å². The zero-order valence-corrected chi connectivity index (χ0v) is 13.2. The molecule has 1 saturated heterocycles. The fourth-order valence-corrected chi connectivity index (χ4v) is 3.13. The zero-order valence-electron chi connectivity index (χ0n) is 11.7. The molecule has 2 rings (SSSR count). The van der Waals surface area contributed by atoms with E-state index in [-0.39, 0.29) is 6.03 Å². The predicted octanol–water partition coefficient (Wildman–Crippen LogP) is 3.98. The first-order valence-corrected chi connectivity index (χ1v) is 7.78. The number of urea groups is 1. The molecule has 5 heteroatoms. The molecule has 1 aliphatic rings. The van der Waals surface area contributed by atoms with Crippen LogP contribution in [0.1, 0.15) is 25.3 Å². The maximum absolute atomic E-state index is 12.0. The fraction of sp³-hybridized carbons (Fsp3) is 0.533. The van der Waals surface area contributed by atoms with E-state index < -0.39 is 0 Å². The highest BCUT2D eigenvalue weighted by molar-refractivity contribution is 6.34. The van der Waals surface area contributed by atoms with E-state index in [2.05, 4.69) is 12.2 Å². The van der Waals surface area contributed by atoms with E-state index in [1.165, 1.54) is 6.42 Å². The SMILES string of the molecule is CC1CCCN(C(=O)NCCc2cc(Cl)cc(Cl)c2)C1. The molecule has 1 aromatic rings. The Bertz CT molecular complexity index is 459. The van der Waals surface area contributed by atoms with Gasteiger partial charge in [-0.1, -0.05) is 30.1 Å². The van der Waals surface area contributed by atoms with Crippen LogP contribution in [0.3, 0.4) is 0 Å². The van der Waals surface area contributed by atoms with Crippen LogP contribution in [0.25, 0.3) is 0 Å². The zero-order chi connectivity index (χ0) is 14.5. The van der Waals surface area contributed by atoms with Gasteiger partial charge < -0.3 is 10.2 Å². The Morgan fingerprint density at radius 2 is 2.05 bits per heavy atom. The van der Waals surface area contributed by atoms with Gasteiger partial charge in [0.25, 0.3) is 0 Å². The van der Waals surface area contributed by atoms with Crippen molar-refractivity contribution in [1.82, 2.24) is 10.2 Å². The molecular weight excluding hydrogens is 295 g/mol. The predicted molar refractivity (Wildman–Crippen MR) is 83.5 cm³/mol. The van der Waals surface area contributed by atoms with Crippen LogP contribution in [-0.4, -0.2) is 30.6 Å². The summed E-state index contributed by atoms with van der Waals surface area (Å²) in [5, 5.41) is 4.22. The van der Waals surface area contributed by atoms with Crippen LogP contribution in [-0.2, 0) is 6.42 Å². The third-order valence-electron chi connectivity index (χ3n) is 3.56. The second-order valence-electron chi connectivity index (χ2n) is 5.45. The normalized spacial score (nSPS) is 18.9. The summed E-state index contributed by atoms with van der Waals surface area (Å²) in [5.41, 5.74) is 1.04. The lowest BCUT2D eigenvalue weighted by Gasteiger charge is -2.30. The topological polar surface area (TPSA) is 32.3 Å². The number of hydrogen-bond acceptors (Lipinski definition) is 1. The standard InChI is InChI=1S/C15H20Cl2N2O/c1-11-3-2-6-19(10-11)15(20)18-5-4-12-7-13(16)9-14(17)8-12/h7-9,11H,2-6,10H2,1H3,(H,18,20). The van der Waals surface area contributed by atoms with Crippen LogP contribution in [0.4, 0.5) is 4.79 Å². The number of benzene rings is 1. The quantitative estimate of drug-likeness (QED) is 0.899. The molecule has 110 valence electrons. The number of hydrogen-bond donors (Lipinski definition) is 1. The van der Waals surface area contributed by atoms with Crippen molar-refractivity contribution in [1.29, 1.82) is 0 Å². The van der Waals surface area contributed by atoms with Gasteiger partial charge in [0.2, 0.25) is 0 Å². The Hall–Kier alpha value is -0.930. The van der Waals surface area contributed by atoms with Gasteiger partial charge in [-0.2, -0.15) is 0 Å². The highest BCUT2D eigenvalue weighted by atomic mass is 35.5. The van der Waals surface area contributed by atoms with Crippen LogP contribution >= 0.6 is 23.2 Å². The van der Waals surface area contributed by atoms with Gasteiger partial charge in [0, 0.05) is 29.7 Å². The first kappa shape index (κ1) is 15.5. The third kappa shape index (κ3) is 4.57. The van der Waals surface area contributed by atoms with E-state index in [0.717, 1.165) is 31.5 Å². The second kappa shape index (κ2) is 7.19. The van der Waals surface area contributed by atoms with E-state index in [9.17, 15) is 4.79 Å². The number of carbonyl (C=O) groups excluding carboxylic acids is 1. The van der Waals surface area contributed by atoms with Crippen LogP contribution in [0, 0.1) is 5.92 Å². The summed E-state index contributed by atoms with van der Waals surface area (Å²) in [5.74, 6) is 0.598. The van der Waals surface area contributed by atoms with Gasteiger partial charge in [0.1, 0.15) is 0 Å². The highest BCUT2D eigenvalue weighted by Gasteiger charge is 2.20. The van der Waals surface area contributed by atoms with Crippen molar-refractivity contribution in [3.05, 3.63) is 33.8 Å². The summed E-state index contributed by atoms with van der Waals surface area (Å²) in [6.45, 7) is 4.50. The minimum absolute atomic E-state index is 0.0321. The van der Waals surface area contributed by atoms with Crippen molar-refractivity contribution in [2.24, 2.45) is 5.92 Å². The monoisotopic (exact) mass is 314 g/mol. The lowest BCUT2D eigenvalue weighted by molar-refractivity contribution is 0.170. The number of amides is 2. The second-order valence-corrected chi connectivity index (χ2v) is 6.33. The van der Waals surface area contributed by atoms with Crippen molar-refractivity contribution < 1.29 is 4.79 Å². The Morgan fingerprint density at radius 3 is 2.70 bits per heavy atom. The largest absolute Gasteiger partial charge is 0.338 e. The van der Waals surface area contributed by atoms with Crippen molar-refractivity contribution in [2.75, 3.05) is 19.6 Å². The number of rotatable bonds is 3. The van der Waals surface area contributed by atoms with E-state index >= 15 is 0 Å². The van der Waals surface area contributed by atoms with Crippen molar-refractivity contribution >= 4 is 29.2 Å². The van der Waals surface area contributed by atoms with Gasteiger partial charge >= 0.3 is 6.03 Å². The molecule has 0 bridgehead atoms. The molecule has 0 aromatic heterocycles. The summed E-state index contributed by atoms with van der Waals surface area (Å²) < 4.78 is 0. The fourth-order valence-electron chi connectivity index (χ4n) is 2.55. The van der Waals surface area contributed by atoms with Crippen molar-refractivity contribution in [3.8, 4) is 0 Å². The van der Waals surface area contributed by atoms with Gasteiger partial charge in [0.05, 0.1) is 0 Å². The van der Waals surface area contributed by atoms with Crippen LogP contribution in [0.5, 0.6) is 0 Å². The minimum Gasteiger partial charge on any atom is -0.338 e. The molecule has 1 fully saturated rings. The summed E-state index contributed by atoms with van der Waals surface area (Å²) in [4.78, 5) is 13.9. The number of likely N-dealkylation sites (tertiary alicyclic amines) is 1. The number of nitrogens with one attached hydrogen (secondary N) is 1. The van der Waals surface area contributed by atoms with Crippen molar-refractivity contribution in [3.63, 3.8) is 0 Å². The Kier molecular flexibility index (Phi) is 5.55. The summed E-state index contributed by atoms with van der Waals surface area (Å²) >= 11 is 11.9. The molecule has 0 aliphatic carbocycles. The average Bonchev–Trinajstić information content (AvgIpc) is 2.37. The molecule has 1 aliphatic heterocycles. The lowest BCUT2D eigenvalue weighted by atomic mass is 10.0. The van der Waals surface area contributed by atoms with Gasteiger partial charge in [-0.3, -0.25) is 0 Å². The maximum Gasteiger partial charge on any atom is 0.317 e. The number of piperidine rings is 1. The van der Waals surface area contributed by atoms with Crippen molar-refractivity contribution in [2.45, 2.75) is 26.2 Å². The lowest BCUT2D eigenvalue weighted by Crippen LogP contribution is -2.45. The van der Waals surface area contributed by atoms with Crippen LogP contribution < -0.4 is 5.32 Å². The smallest absolute Gasteiger partial charge is 0.317 e. The number of halogens is 2. The minimum atomic E-state index is 0.0321. The Morgan fingerprint density at radius 1 is 1.35 bits per heavy atom. The summed E-state index contributed by atoms with van der Waals surface area (Å²) in [6.07, 6.45) is 3.04. The molecule has 1 N–H and O–H groups in total. The molecule has 0 saturated carbocycles. The van der Waals surface area contributed by atoms with Gasteiger partial charge in [-0.15, -0.1) is 0 Å². The van der Waals surface area contributed by atoms with E-state index in [1.54, 1.807) is 6.07 Å². The number of carbonyl (C=O) groups is 1. The van der Waals surface area contributed by atoms with E-state index in [1.807, 2.05) is 17.0 Å². The molecular formula is C15H20Cl2N2O. The Labute approximate surface area is 130 Å². The van der Waals surface area contributed by atoms with Gasteiger partial charge in [0.15, 0.2) is 0 Å². The highest BCUT2D eigenvalue weighted by Crippen LogP contribution is 2.19. The van der Waals surface area contributed by atoms with E-state index in [0.29, 0.717) is 22.5 Å². The molecule has 3 nitrogen and oxygen atoms in total. The molecule has 1 unspecified atom stereocenters. The summed E-state index contributed by atoms with van der Waals surface area (Å²) in [6, 6.07) is 5.50. The molecule has 20 heavy (non-hydrogen) atoms. The van der Waals surface area contributed by atoms with E-state index in [4.69, 9.17) is 23.2 Å². The third-order valence-corrected chi connectivity index (χ3v) is 3.99. The molecule has 1 aromatic carbocycles. The Balaban J connectivity index is 1.78. The molecule has 2 amide bonds. The number of nitrogens with zero attached hydrogens (tertiary/aromatic N) is 1. The average molecular weight is 315 g/mol. The maximum atomic E-state index is 12.0. The molecule has 1 heterocycles. The first-order valence-electron chi connectivity index (χ1n) is 7.02. The van der Waals surface area contributed by atoms with Crippen LogP contribution in [0.2, 0.25) is 10.0 Å². The molecule has 0 radical (unpaired) electrons. The van der Waals surface area contributed by atoms with Gasteiger partial charge in [-0.05, 0) is 48.9 Å². The first-order chi connectivity index (χ1) is 9.54. The molecule has 0 spiro atoms. The summed E-state index contributed by atoms with van der Waals surface area (Å²) in [7, 11) is 0.